The molecule has 2 heterocycles. The molecule has 0 saturated carbocycles. The monoisotopic (exact) mass is 498 g/mol. The SMILES string of the molecule is COCCN(CC(=O)N(Cc1ccc2c(c1)OCO2)Cc1sccc1C)C(=O)c1ccccc1F. The summed E-state index contributed by atoms with van der Waals surface area (Å²) in [6, 6.07) is 13.3. The van der Waals surface area contributed by atoms with E-state index < -0.39 is 11.7 Å². The topological polar surface area (TPSA) is 68.3 Å². The zero-order valence-electron chi connectivity index (χ0n) is 19.7. The zero-order valence-corrected chi connectivity index (χ0v) is 20.5. The molecule has 0 spiro atoms. The van der Waals surface area contributed by atoms with Crippen LogP contribution in [0.3, 0.4) is 0 Å². The molecule has 1 aliphatic rings. The molecule has 0 N–H and O–H groups in total. The molecule has 2 amide bonds. The Balaban J connectivity index is 1.56. The van der Waals surface area contributed by atoms with Gasteiger partial charge in [0.2, 0.25) is 12.7 Å². The first-order chi connectivity index (χ1) is 17.0. The van der Waals surface area contributed by atoms with Crippen molar-refractivity contribution in [3.8, 4) is 11.5 Å². The van der Waals surface area contributed by atoms with Gasteiger partial charge in [-0.2, -0.15) is 0 Å². The number of methoxy groups -OCH3 is 1. The van der Waals surface area contributed by atoms with E-state index in [9.17, 15) is 14.0 Å². The molecule has 2 aromatic carbocycles. The smallest absolute Gasteiger partial charge is 0.257 e. The third-order valence-corrected chi connectivity index (χ3v) is 6.76. The normalized spacial score (nSPS) is 12.0. The highest BCUT2D eigenvalue weighted by molar-refractivity contribution is 7.10. The van der Waals surface area contributed by atoms with Crippen molar-refractivity contribution in [1.82, 2.24) is 9.80 Å². The van der Waals surface area contributed by atoms with Crippen molar-refractivity contribution in [1.29, 1.82) is 0 Å². The summed E-state index contributed by atoms with van der Waals surface area (Å²) in [4.78, 5) is 30.8. The molecule has 0 saturated heterocycles. The molecule has 0 bridgehead atoms. The van der Waals surface area contributed by atoms with E-state index in [1.807, 2.05) is 36.6 Å². The fraction of sp³-hybridized carbons (Fsp3) is 0.308. The number of carbonyl (C=O) groups is 2. The maximum absolute atomic E-state index is 14.3. The van der Waals surface area contributed by atoms with Crippen LogP contribution < -0.4 is 9.47 Å². The quantitative estimate of drug-likeness (QED) is 0.418. The van der Waals surface area contributed by atoms with Gasteiger partial charge in [0.25, 0.3) is 5.91 Å². The van der Waals surface area contributed by atoms with E-state index in [1.165, 1.54) is 30.2 Å². The minimum absolute atomic E-state index is 0.0761. The number of hydrogen-bond donors (Lipinski definition) is 0. The minimum Gasteiger partial charge on any atom is -0.454 e. The van der Waals surface area contributed by atoms with E-state index in [0.717, 1.165) is 16.0 Å². The van der Waals surface area contributed by atoms with Crippen molar-refractivity contribution in [2.24, 2.45) is 0 Å². The first kappa shape index (κ1) is 24.7. The van der Waals surface area contributed by atoms with E-state index in [2.05, 4.69) is 0 Å². The van der Waals surface area contributed by atoms with Gasteiger partial charge < -0.3 is 24.0 Å². The molecule has 0 fully saturated rings. The number of hydrogen-bond acceptors (Lipinski definition) is 6. The molecule has 0 atom stereocenters. The van der Waals surface area contributed by atoms with Crippen molar-refractivity contribution in [2.75, 3.05) is 33.6 Å². The molecule has 3 aromatic rings. The maximum Gasteiger partial charge on any atom is 0.257 e. The van der Waals surface area contributed by atoms with Gasteiger partial charge >= 0.3 is 0 Å². The Labute approximate surface area is 207 Å². The number of carbonyl (C=O) groups excluding carboxylic acids is 2. The van der Waals surface area contributed by atoms with Gasteiger partial charge in [-0.25, -0.2) is 4.39 Å². The number of thiophene rings is 1. The van der Waals surface area contributed by atoms with E-state index in [1.54, 1.807) is 22.3 Å². The van der Waals surface area contributed by atoms with Gasteiger partial charge in [-0.15, -0.1) is 11.3 Å². The van der Waals surface area contributed by atoms with Gasteiger partial charge in [0.1, 0.15) is 12.4 Å². The number of aryl methyl sites for hydroxylation is 1. The summed E-state index contributed by atoms with van der Waals surface area (Å²) in [5.74, 6) is -0.125. The standard InChI is InChI=1S/C26H27FN2O5S/c1-18-9-12-35-24(18)15-29(14-19-7-8-22-23(13-19)34-17-33-22)25(30)16-28(10-11-32-2)26(31)20-5-3-4-6-21(20)27/h3-9,12-13H,10-11,14-17H2,1-2H3. The summed E-state index contributed by atoms with van der Waals surface area (Å²) in [6.45, 7) is 3.06. The molecule has 9 heteroatoms. The first-order valence-corrected chi connectivity index (χ1v) is 12.1. The van der Waals surface area contributed by atoms with Crippen molar-refractivity contribution in [3.63, 3.8) is 0 Å². The molecule has 0 aliphatic carbocycles. The van der Waals surface area contributed by atoms with Crippen molar-refractivity contribution in [2.45, 2.75) is 20.0 Å². The highest BCUT2D eigenvalue weighted by Gasteiger charge is 2.25. The van der Waals surface area contributed by atoms with Crippen LogP contribution in [0.1, 0.15) is 26.4 Å². The summed E-state index contributed by atoms with van der Waals surface area (Å²) in [7, 11) is 1.51. The lowest BCUT2D eigenvalue weighted by Crippen LogP contribution is -2.44. The zero-order chi connectivity index (χ0) is 24.8. The average molecular weight is 499 g/mol. The van der Waals surface area contributed by atoms with E-state index in [-0.39, 0.29) is 38.0 Å². The third kappa shape index (κ3) is 5.98. The molecule has 184 valence electrons. The van der Waals surface area contributed by atoms with Gasteiger partial charge in [-0.3, -0.25) is 9.59 Å². The summed E-state index contributed by atoms with van der Waals surface area (Å²) in [5, 5.41) is 1.99. The molecule has 35 heavy (non-hydrogen) atoms. The van der Waals surface area contributed by atoms with E-state index in [0.29, 0.717) is 24.6 Å². The Morgan fingerprint density at radius 2 is 1.86 bits per heavy atom. The van der Waals surface area contributed by atoms with Crippen LogP contribution in [0.15, 0.2) is 53.9 Å². The number of fused-ring (bicyclic) bond motifs is 1. The van der Waals surface area contributed by atoms with Gasteiger partial charge in [0.15, 0.2) is 11.5 Å². The van der Waals surface area contributed by atoms with Gasteiger partial charge in [-0.05, 0) is 53.8 Å². The fourth-order valence-corrected chi connectivity index (χ4v) is 4.67. The molecular formula is C26H27FN2O5S. The summed E-state index contributed by atoms with van der Waals surface area (Å²) >= 11 is 1.58. The Kier molecular flexibility index (Phi) is 7.99. The van der Waals surface area contributed by atoms with E-state index in [4.69, 9.17) is 14.2 Å². The molecule has 0 unspecified atom stereocenters. The first-order valence-electron chi connectivity index (χ1n) is 11.2. The number of halogens is 1. The van der Waals surface area contributed by atoms with Crippen LogP contribution in [-0.4, -0.2) is 55.2 Å². The number of benzene rings is 2. The van der Waals surface area contributed by atoms with Crippen LogP contribution in [-0.2, 0) is 22.6 Å². The highest BCUT2D eigenvalue weighted by Crippen LogP contribution is 2.33. The Morgan fingerprint density at radius 3 is 2.60 bits per heavy atom. The molecule has 1 aromatic heterocycles. The second kappa shape index (κ2) is 11.3. The maximum atomic E-state index is 14.3. The van der Waals surface area contributed by atoms with Crippen molar-refractivity contribution >= 4 is 23.2 Å². The van der Waals surface area contributed by atoms with Crippen molar-refractivity contribution < 1.29 is 28.2 Å². The van der Waals surface area contributed by atoms with Crippen LogP contribution >= 0.6 is 11.3 Å². The average Bonchev–Trinajstić information content (AvgIpc) is 3.49. The largest absolute Gasteiger partial charge is 0.454 e. The summed E-state index contributed by atoms with van der Waals surface area (Å²) < 4.78 is 30.3. The predicted molar refractivity (Wildman–Crippen MR) is 130 cm³/mol. The Bertz CT molecular complexity index is 1200. The second-order valence-corrected chi connectivity index (χ2v) is 9.16. The lowest BCUT2D eigenvalue weighted by atomic mass is 10.1. The van der Waals surface area contributed by atoms with Gasteiger partial charge in [0, 0.05) is 25.1 Å². The molecule has 7 nitrogen and oxygen atoms in total. The minimum atomic E-state index is -0.626. The fourth-order valence-electron chi connectivity index (χ4n) is 3.75. The van der Waals surface area contributed by atoms with Crippen LogP contribution in [0.2, 0.25) is 0 Å². The van der Waals surface area contributed by atoms with Crippen LogP contribution in [0.5, 0.6) is 11.5 Å². The predicted octanol–water partition coefficient (Wildman–Crippen LogP) is 4.24. The van der Waals surface area contributed by atoms with Crippen molar-refractivity contribution in [3.05, 3.63) is 81.3 Å². The Morgan fingerprint density at radius 1 is 1.06 bits per heavy atom. The third-order valence-electron chi connectivity index (χ3n) is 5.75. The molecule has 0 radical (unpaired) electrons. The summed E-state index contributed by atoms with van der Waals surface area (Å²) in [6.07, 6.45) is 0. The molecular weight excluding hydrogens is 471 g/mol. The highest BCUT2D eigenvalue weighted by atomic mass is 32.1. The molecule has 1 aliphatic heterocycles. The summed E-state index contributed by atoms with van der Waals surface area (Å²) in [5.41, 5.74) is 1.89. The number of rotatable bonds is 10. The van der Waals surface area contributed by atoms with Gasteiger partial charge in [0.05, 0.1) is 18.7 Å². The van der Waals surface area contributed by atoms with Crippen LogP contribution in [0.25, 0.3) is 0 Å². The van der Waals surface area contributed by atoms with Crippen LogP contribution in [0.4, 0.5) is 4.39 Å². The lowest BCUT2D eigenvalue weighted by Gasteiger charge is -2.28. The van der Waals surface area contributed by atoms with Gasteiger partial charge in [-0.1, -0.05) is 18.2 Å². The van der Waals surface area contributed by atoms with Crippen LogP contribution in [0, 0.1) is 12.7 Å². The lowest BCUT2D eigenvalue weighted by molar-refractivity contribution is -0.133. The number of ether oxygens (including phenoxy) is 3. The Hall–Kier alpha value is -3.43. The second-order valence-electron chi connectivity index (χ2n) is 8.16. The van der Waals surface area contributed by atoms with E-state index >= 15 is 0 Å². The molecule has 4 rings (SSSR count). The number of nitrogens with zero attached hydrogens (tertiary/aromatic N) is 2. The number of amides is 2.